The lowest BCUT2D eigenvalue weighted by atomic mass is 10.3. The Kier molecular flexibility index (Phi) is 4.78. The van der Waals surface area contributed by atoms with E-state index in [0.29, 0.717) is 9.49 Å². The van der Waals surface area contributed by atoms with Gasteiger partial charge in [-0.25, -0.2) is 0 Å². The van der Waals surface area contributed by atoms with E-state index in [2.05, 4.69) is 52.4 Å². The van der Waals surface area contributed by atoms with Crippen molar-refractivity contribution in [2.75, 3.05) is 0 Å². The van der Waals surface area contributed by atoms with Crippen LogP contribution in [-0.4, -0.2) is 9.49 Å². The van der Waals surface area contributed by atoms with Crippen LogP contribution in [0.1, 0.15) is 41.5 Å². The molecule has 0 amide bonds. The summed E-state index contributed by atoms with van der Waals surface area (Å²) in [5.41, 5.74) is 0. The van der Waals surface area contributed by atoms with Crippen molar-refractivity contribution in [1.29, 1.82) is 0 Å². The maximum Gasteiger partial charge on any atom is 0.0117 e. The molecule has 0 saturated heterocycles. The summed E-state index contributed by atoms with van der Waals surface area (Å²) < 4.78 is 0.684. The Morgan fingerprint density at radius 2 is 0.917 bits per heavy atom. The highest BCUT2D eigenvalue weighted by Crippen LogP contribution is 2.29. The fourth-order valence-electron chi connectivity index (χ4n) is 0.464. The van der Waals surface area contributed by atoms with E-state index in [1.54, 1.807) is 0 Å². The van der Waals surface area contributed by atoms with Crippen LogP contribution in [0.5, 0.6) is 0 Å². The van der Waals surface area contributed by atoms with E-state index < -0.39 is 0 Å². The van der Waals surface area contributed by atoms with Crippen LogP contribution in [-0.2, 0) is 0 Å². The molecule has 0 aromatic carbocycles. The zero-order valence-electron chi connectivity index (χ0n) is 8.97. The second-order valence-electron chi connectivity index (χ2n) is 4.73. The minimum atomic E-state index is 0.342. The molecular formula is C10H20S2. The summed E-state index contributed by atoms with van der Waals surface area (Å²) in [4.78, 5) is 0. The Morgan fingerprint density at radius 3 is 1.08 bits per heavy atom. The second kappa shape index (κ2) is 4.61. The average molecular weight is 204 g/mol. The fraction of sp³-hybridized carbons (Fsp3) is 0.800. The van der Waals surface area contributed by atoms with Gasteiger partial charge in [-0.1, -0.05) is 41.5 Å². The highest BCUT2D eigenvalue weighted by molar-refractivity contribution is 8.06. The third kappa shape index (κ3) is 10.4. The maximum absolute atomic E-state index is 2.23. The summed E-state index contributed by atoms with van der Waals surface area (Å²) in [6, 6.07) is 0. The van der Waals surface area contributed by atoms with Gasteiger partial charge in [0.15, 0.2) is 0 Å². The smallest absolute Gasteiger partial charge is 0.0117 e. The van der Waals surface area contributed by atoms with Gasteiger partial charge in [0.05, 0.1) is 0 Å². The van der Waals surface area contributed by atoms with E-state index in [0.717, 1.165) is 0 Å². The second-order valence-corrected chi connectivity index (χ2v) is 8.20. The summed E-state index contributed by atoms with van der Waals surface area (Å²) in [6.45, 7) is 13.4. The van der Waals surface area contributed by atoms with Crippen molar-refractivity contribution in [2.45, 2.75) is 51.0 Å². The molecule has 0 unspecified atom stereocenters. The third-order valence-electron chi connectivity index (χ3n) is 0.899. The topological polar surface area (TPSA) is 0 Å². The lowest BCUT2D eigenvalue weighted by Gasteiger charge is -2.16. The number of thioether (sulfide) groups is 2. The van der Waals surface area contributed by atoms with Gasteiger partial charge in [-0.05, 0) is 10.8 Å². The summed E-state index contributed by atoms with van der Waals surface area (Å²) in [5.74, 6) is 0. The van der Waals surface area contributed by atoms with Crippen LogP contribution in [0.15, 0.2) is 10.8 Å². The van der Waals surface area contributed by atoms with E-state index in [9.17, 15) is 0 Å². The third-order valence-corrected chi connectivity index (χ3v) is 3.03. The molecule has 2 heteroatoms. The minimum Gasteiger partial charge on any atom is -0.128 e. The SMILES string of the molecule is CC(C)(C)SC=CSC(C)(C)C. The summed E-state index contributed by atoms with van der Waals surface area (Å²) in [6.07, 6.45) is 0. The number of hydrogen-bond donors (Lipinski definition) is 0. The van der Waals surface area contributed by atoms with E-state index in [-0.39, 0.29) is 0 Å². The van der Waals surface area contributed by atoms with Gasteiger partial charge in [0.25, 0.3) is 0 Å². The van der Waals surface area contributed by atoms with Gasteiger partial charge in [0.2, 0.25) is 0 Å². The molecule has 0 heterocycles. The van der Waals surface area contributed by atoms with E-state index in [1.165, 1.54) is 0 Å². The summed E-state index contributed by atoms with van der Waals surface area (Å²) in [7, 11) is 0. The van der Waals surface area contributed by atoms with Gasteiger partial charge in [-0.15, -0.1) is 23.5 Å². The van der Waals surface area contributed by atoms with Gasteiger partial charge in [-0.3, -0.25) is 0 Å². The summed E-state index contributed by atoms with van der Waals surface area (Å²) in [5, 5.41) is 4.38. The molecule has 0 spiro atoms. The van der Waals surface area contributed by atoms with Crippen molar-refractivity contribution in [1.82, 2.24) is 0 Å². The predicted octanol–water partition coefficient (Wildman–Crippen LogP) is 4.52. The molecule has 12 heavy (non-hydrogen) atoms. The van der Waals surface area contributed by atoms with Crippen LogP contribution in [0.25, 0.3) is 0 Å². The largest absolute Gasteiger partial charge is 0.128 e. The van der Waals surface area contributed by atoms with Crippen molar-refractivity contribution in [3.05, 3.63) is 10.8 Å². The molecule has 0 radical (unpaired) electrons. The molecule has 0 atom stereocenters. The first kappa shape index (κ1) is 12.4. The van der Waals surface area contributed by atoms with Crippen molar-refractivity contribution >= 4 is 23.5 Å². The quantitative estimate of drug-likeness (QED) is 0.648. The van der Waals surface area contributed by atoms with E-state index in [4.69, 9.17) is 0 Å². The molecule has 0 bridgehead atoms. The first-order chi connectivity index (χ1) is 5.21. The first-order valence-electron chi connectivity index (χ1n) is 4.21. The Bertz CT molecular complexity index is 128. The van der Waals surface area contributed by atoms with Gasteiger partial charge < -0.3 is 0 Å². The molecule has 0 fully saturated rings. The molecule has 0 aliphatic rings. The van der Waals surface area contributed by atoms with Crippen molar-refractivity contribution < 1.29 is 0 Å². The van der Waals surface area contributed by atoms with Crippen LogP contribution in [0.4, 0.5) is 0 Å². The first-order valence-corrected chi connectivity index (χ1v) is 5.97. The van der Waals surface area contributed by atoms with Crippen LogP contribution in [0.3, 0.4) is 0 Å². The van der Waals surface area contributed by atoms with Crippen LogP contribution < -0.4 is 0 Å². The number of hydrogen-bond acceptors (Lipinski definition) is 2. The fourth-order valence-corrected chi connectivity index (χ4v) is 1.72. The number of rotatable bonds is 2. The van der Waals surface area contributed by atoms with Crippen LogP contribution in [0.2, 0.25) is 0 Å². The molecule has 0 rings (SSSR count). The lowest BCUT2D eigenvalue weighted by molar-refractivity contribution is 0.806. The highest BCUT2D eigenvalue weighted by Gasteiger charge is 2.09. The molecule has 0 aromatic heterocycles. The van der Waals surface area contributed by atoms with Gasteiger partial charge in [0.1, 0.15) is 0 Å². The zero-order valence-corrected chi connectivity index (χ0v) is 10.6. The van der Waals surface area contributed by atoms with Crippen molar-refractivity contribution in [3.8, 4) is 0 Å². The molecule has 0 saturated carbocycles. The maximum atomic E-state index is 2.23. The predicted molar refractivity (Wildman–Crippen MR) is 63.8 cm³/mol. The van der Waals surface area contributed by atoms with Gasteiger partial charge in [0, 0.05) is 9.49 Å². The molecule has 72 valence electrons. The van der Waals surface area contributed by atoms with Crippen LogP contribution >= 0.6 is 23.5 Å². The van der Waals surface area contributed by atoms with Crippen LogP contribution in [0, 0.1) is 0 Å². The minimum absolute atomic E-state index is 0.342. The standard InChI is InChI=1S/C10H20S2/c1-9(2,3)11-7-8-12-10(4,5)6/h7-8H,1-6H3. The Morgan fingerprint density at radius 1 is 0.667 bits per heavy atom. The normalized spacial score (nSPS) is 14.2. The zero-order chi connectivity index (χ0) is 9.83. The van der Waals surface area contributed by atoms with E-state index >= 15 is 0 Å². The van der Waals surface area contributed by atoms with Gasteiger partial charge in [-0.2, -0.15) is 0 Å². The monoisotopic (exact) mass is 204 g/mol. The lowest BCUT2D eigenvalue weighted by Crippen LogP contribution is -2.06. The van der Waals surface area contributed by atoms with Gasteiger partial charge >= 0.3 is 0 Å². The molecular weight excluding hydrogens is 184 g/mol. The van der Waals surface area contributed by atoms with E-state index in [1.807, 2.05) is 23.5 Å². The highest BCUT2D eigenvalue weighted by atomic mass is 32.2. The average Bonchev–Trinajstić information content (AvgIpc) is 1.76. The molecule has 0 aliphatic heterocycles. The Labute approximate surface area is 85.6 Å². The molecule has 0 aliphatic carbocycles. The summed E-state index contributed by atoms with van der Waals surface area (Å²) >= 11 is 3.75. The molecule has 0 aromatic rings. The van der Waals surface area contributed by atoms with Crippen molar-refractivity contribution in [3.63, 3.8) is 0 Å². The Hall–Kier alpha value is 0.440. The Balaban J connectivity index is 3.66. The van der Waals surface area contributed by atoms with Crippen molar-refractivity contribution in [2.24, 2.45) is 0 Å². The molecule has 0 N–H and O–H groups in total. The molecule has 0 nitrogen and oxygen atoms in total.